The van der Waals surface area contributed by atoms with E-state index in [1.54, 1.807) is 6.07 Å². The minimum atomic E-state index is -4.21. The summed E-state index contributed by atoms with van der Waals surface area (Å²) in [5, 5.41) is 13.5. The van der Waals surface area contributed by atoms with Gasteiger partial charge in [0.15, 0.2) is 0 Å². The van der Waals surface area contributed by atoms with Gasteiger partial charge < -0.3 is 18.9 Å². The van der Waals surface area contributed by atoms with E-state index in [9.17, 15) is 18.5 Å². The van der Waals surface area contributed by atoms with Gasteiger partial charge in [-0.15, -0.1) is 0 Å². The van der Waals surface area contributed by atoms with Gasteiger partial charge in [-0.1, -0.05) is 37.4 Å². The van der Waals surface area contributed by atoms with Gasteiger partial charge in [0, 0.05) is 33.7 Å². The summed E-state index contributed by atoms with van der Waals surface area (Å²) in [6.07, 6.45) is 2.64. The Bertz CT molecular complexity index is 1630. The molecule has 0 heterocycles. The van der Waals surface area contributed by atoms with Crippen LogP contribution in [0.1, 0.15) is 5.56 Å². The largest absolute Gasteiger partial charge is 0.498 e. The van der Waals surface area contributed by atoms with Crippen molar-refractivity contribution >= 4 is 37.4 Å². The number of benzene rings is 4. The Labute approximate surface area is 231 Å². The van der Waals surface area contributed by atoms with E-state index in [1.807, 2.05) is 24.3 Å². The van der Waals surface area contributed by atoms with Gasteiger partial charge in [0.1, 0.15) is 37.9 Å². The summed E-state index contributed by atoms with van der Waals surface area (Å²) in [7, 11) is -4.21. The number of nitro groups is 1. The average Bonchev–Trinajstić information content (AvgIpc) is 2.97. The van der Waals surface area contributed by atoms with E-state index >= 15 is 0 Å². The minimum Gasteiger partial charge on any atom is -0.498 e. The van der Waals surface area contributed by atoms with E-state index in [4.69, 9.17) is 23.1 Å². The third-order valence-corrected chi connectivity index (χ3v) is 7.10. The predicted molar refractivity (Wildman–Crippen MR) is 150 cm³/mol. The molecule has 11 heteroatoms. The predicted octanol–water partition coefficient (Wildman–Crippen LogP) is 5.88. The first-order valence-corrected chi connectivity index (χ1v) is 13.6. The maximum absolute atomic E-state index is 13.2. The van der Waals surface area contributed by atoms with E-state index in [0.29, 0.717) is 27.8 Å². The highest BCUT2D eigenvalue weighted by molar-refractivity contribution is 7.86. The van der Waals surface area contributed by atoms with Crippen LogP contribution < -0.4 is 9.47 Å². The first kappa shape index (κ1) is 28.4. The van der Waals surface area contributed by atoms with E-state index in [1.165, 1.54) is 48.9 Å². The smallest absolute Gasteiger partial charge is 0.297 e. The fourth-order valence-electron chi connectivity index (χ4n) is 4.02. The summed E-state index contributed by atoms with van der Waals surface area (Å²) >= 11 is 0. The van der Waals surface area contributed by atoms with Gasteiger partial charge in [0.25, 0.3) is 15.8 Å². The van der Waals surface area contributed by atoms with Crippen molar-refractivity contribution in [2.45, 2.75) is 11.5 Å². The molecule has 0 aromatic heterocycles. The molecule has 0 aliphatic carbocycles. The molecule has 0 N–H and O–H groups in total. The molecule has 0 bridgehead atoms. The number of hydrogen-bond donors (Lipinski definition) is 0. The number of non-ortho nitro benzene ring substituents is 1. The lowest BCUT2D eigenvalue weighted by atomic mass is 10.0. The first-order valence-electron chi connectivity index (χ1n) is 12.2. The molecule has 0 unspecified atom stereocenters. The molecular weight excluding hydrogens is 538 g/mol. The zero-order chi connectivity index (χ0) is 28.5. The van der Waals surface area contributed by atoms with E-state index in [-0.39, 0.29) is 43.6 Å². The van der Waals surface area contributed by atoms with Crippen molar-refractivity contribution in [1.29, 1.82) is 0 Å². The van der Waals surface area contributed by atoms with Crippen LogP contribution in [0.5, 0.6) is 11.5 Å². The molecule has 0 fully saturated rings. The van der Waals surface area contributed by atoms with Crippen molar-refractivity contribution in [3.63, 3.8) is 0 Å². The normalized spacial score (nSPS) is 11.2. The molecule has 0 spiro atoms. The van der Waals surface area contributed by atoms with Gasteiger partial charge in [-0.25, -0.2) is 0 Å². The highest BCUT2D eigenvalue weighted by Gasteiger charge is 2.21. The molecule has 0 radical (unpaired) electrons. The summed E-state index contributed by atoms with van der Waals surface area (Å²) in [5.74, 6) is 1.00. The van der Waals surface area contributed by atoms with Gasteiger partial charge in [0.2, 0.25) is 0 Å². The number of hydrogen-bond acceptors (Lipinski definition) is 9. The SMILES string of the molecule is C=COCCOc1c2ccccc2c(OCCOC=C)c2cc(S(=O)(=O)OCc3ccc([N+](=O)[O-])cc3)ccc12. The fraction of sp³-hybridized carbons (Fsp3) is 0.172. The summed E-state index contributed by atoms with van der Waals surface area (Å²) in [5.41, 5.74) is 0.359. The molecule has 0 saturated carbocycles. The van der Waals surface area contributed by atoms with E-state index in [2.05, 4.69) is 13.2 Å². The van der Waals surface area contributed by atoms with Crippen molar-refractivity contribution in [3.05, 3.63) is 108 Å². The maximum atomic E-state index is 13.2. The Kier molecular flexibility index (Phi) is 9.20. The van der Waals surface area contributed by atoms with Crippen LogP contribution in [0.2, 0.25) is 0 Å². The molecule has 0 aliphatic heterocycles. The molecule has 0 atom stereocenters. The summed E-state index contributed by atoms with van der Waals surface area (Å²) in [6.45, 7) is 7.70. The molecule has 0 aliphatic rings. The number of fused-ring (bicyclic) bond motifs is 2. The molecule has 10 nitrogen and oxygen atoms in total. The highest BCUT2D eigenvalue weighted by Crippen LogP contribution is 2.43. The minimum absolute atomic E-state index is 0.0923. The topological polar surface area (TPSA) is 123 Å². The molecule has 0 amide bonds. The van der Waals surface area contributed by atoms with Crippen LogP contribution in [0, 0.1) is 10.1 Å². The standard InChI is InChI=1S/C29H27NO9S/c1-3-35-15-17-37-28-24-7-5-6-8-25(24)29(38-18-16-36-4-2)27-19-23(13-14-26(27)28)40(33,34)39-20-21-9-11-22(12-10-21)30(31)32/h3-14,19H,1-2,15-18,20H2. The molecule has 4 rings (SSSR count). The average molecular weight is 566 g/mol. The zero-order valence-corrected chi connectivity index (χ0v) is 22.3. The summed E-state index contributed by atoms with van der Waals surface area (Å²) in [4.78, 5) is 10.3. The molecule has 4 aromatic rings. The van der Waals surface area contributed by atoms with Crippen LogP contribution in [0.3, 0.4) is 0 Å². The second kappa shape index (κ2) is 13.0. The van der Waals surface area contributed by atoms with Gasteiger partial charge in [-0.3, -0.25) is 14.3 Å². The van der Waals surface area contributed by atoms with Crippen molar-refractivity contribution in [2.24, 2.45) is 0 Å². The number of nitro benzene ring substituents is 1. The van der Waals surface area contributed by atoms with Crippen LogP contribution in [0.15, 0.2) is 97.3 Å². The lowest BCUT2D eigenvalue weighted by molar-refractivity contribution is -0.384. The van der Waals surface area contributed by atoms with Gasteiger partial charge >= 0.3 is 0 Å². The lowest BCUT2D eigenvalue weighted by Gasteiger charge is -2.18. The monoisotopic (exact) mass is 565 g/mol. The van der Waals surface area contributed by atoms with Crippen LogP contribution >= 0.6 is 0 Å². The van der Waals surface area contributed by atoms with Crippen LogP contribution in [0.4, 0.5) is 5.69 Å². The Morgan fingerprint density at radius 1 is 0.750 bits per heavy atom. The number of ether oxygens (including phenoxy) is 4. The van der Waals surface area contributed by atoms with Crippen LogP contribution in [-0.4, -0.2) is 39.8 Å². The molecule has 4 aromatic carbocycles. The highest BCUT2D eigenvalue weighted by atomic mass is 32.2. The molecular formula is C29H27NO9S. The van der Waals surface area contributed by atoms with E-state index in [0.717, 1.165) is 10.8 Å². The Hall–Kier alpha value is -4.61. The number of nitrogens with zero attached hydrogens (tertiary/aromatic N) is 1. The molecule has 0 saturated heterocycles. The fourth-order valence-corrected chi connectivity index (χ4v) is 4.95. The Morgan fingerprint density at radius 2 is 1.30 bits per heavy atom. The van der Waals surface area contributed by atoms with Crippen molar-refractivity contribution in [1.82, 2.24) is 0 Å². The van der Waals surface area contributed by atoms with Gasteiger partial charge in [-0.2, -0.15) is 8.42 Å². The zero-order valence-electron chi connectivity index (χ0n) is 21.5. The third-order valence-electron chi connectivity index (χ3n) is 5.84. The summed E-state index contributed by atoms with van der Waals surface area (Å²) < 4.78 is 54.2. The van der Waals surface area contributed by atoms with Crippen LogP contribution in [-0.2, 0) is 30.4 Å². The second-order valence-electron chi connectivity index (χ2n) is 8.32. The van der Waals surface area contributed by atoms with E-state index < -0.39 is 15.0 Å². The Balaban J connectivity index is 1.74. The van der Waals surface area contributed by atoms with Gasteiger partial charge in [0.05, 0.1) is 28.9 Å². The number of rotatable bonds is 15. The van der Waals surface area contributed by atoms with Crippen molar-refractivity contribution in [2.75, 3.05) is 26.4 Å². The van der Waals surface area contributed by atoms with Crippen molar-refractivity contribution in [3.8, 4) is 11.5 Å². The molecule has 40 heavy (non-hydrogen) atoms. The van der Waals surface area contributed by atoms with Crippen LogP contribution in [0.25, 0.3) is 21.5 Å². The van der Waals surface area contributed by atoms with Gasteiger partial charge in [-0.05, 0) is 35.9 Å². The third kappa shape index (κ3) is 6.50. The first-order chi connectivity index (χ1) is 19.4. The quantitative estimate of drug-likeness (QED) is 0.0434. The molecule has 208 valence electrons. The summed E-state index contributed by atoms with van der Waals surface area (Å²) in [6, 6.07) is 17.5. The lowest BCUT2D eigenvalue weighted by Crippen LogP contribution is -2.09. The van der Waals surface area contributed by atoms with Crippen molar-refractivity contribution < 1.29 is 36.5 Å². The second-order valence-corrected chi connectivity index (χ2v) is 9.94. The Morgan fingerprint density at radius 3 is 1.85 bits per heavy atom. The maximum Gasteiger partial charge on any atom is 0.297 e.